The van der Waals surface area contributed by atoms with Crippen LogP contribution in [0.4, 0.5) is 5.69 Å². The van der Waals surface area contributed by atoms with Crippen molar-refractivity contribution >= 4 is 34.8 Å². The molecule has 27 heavy (non-hydrogen) atoms. The van der Waals surface area contributed by atoms with Crippen LogP contribution in [0, 0.1) is 12.3 Å². The minimum absolute atomic E-state index is 0.0460. The van der Waals surface area contributed by atoms with Crippen LogP contribution in [0.1, 0.15) is 13.3 Å². The van der Waals surface area contributed by atoms with E-state index in [2.05, 4.69) is 10.8 Å². The Morgan fingerprint density at radius 2 is 2.04 bits per heavy atom. The Kier molecular flexibility index (Phi) is 7.66. The predicted molar refractivity (Wildman–Crippen MR) is 110 cm³/mol. The number of carbonyl (C=O) groups is 1. The third kappa shape index (κ3) is 5.46. The summed E-state index contributed by atoms with van der Waals surface area (Å²) in [6.45, 7) is 4.46. The normalized spacial score (nSPS) is 15.1. The second-order valence-corrected chi connectivity index (χ2v) is 7.05. The highest BCUT2D eigenvalue weighted by Gasteiger charge is 2.23. The van der Waals surface area contributed by atoms with Gasteiger partial charge in [-0.05, 0) is 19.1 Å². The molecule has 0 atom stereocenters. The fraction of sp³-hybridized carbons (Fsp3) is 0.421. The number of carbonyl (C=O) groups excluding carboxylic acids is 1. The van der Waals surface area contributed by atoms with Gasteiger partial charge < -0.3 is 19.5 Å². The summed E-state index contributed by atoms with van der Waals surface area (Å²) in [5.74, 6) is 9.01. The maximum Gasteiger partial charge on any atom is 0.243 e. The Labute approximate surface area is 170 Å². The molecular formula is C19H24Cl2N4O2. The molecule has 1 amide bonds. The van der Waals surface area contributed by atoms with Crippen LogP contribution in [0.15, 0.2) is 28.9 Å². The number of amides is 1. The van der Waals surface area contributed by atoms with Gasteiger partial charge in [-0.1, -0.05) is 23.2 Å². The van der Waals surface area contributed by atoms with Gasteiger partial charge in [0.1, 0.15) is 12.3 Å². The molecular weight excluding hydrogens is 387 g/mol. The Morgan fingerprint density at radius 3 is 2.63 bits per heavy atom. The van der Waals surface area contributed by atoms with Crippen LogP contribution in [0.2, 0.25) is 5.02 Å². The zero-order valence-corrected chi connectivity index (χ0v) is 17.1. The number of terminal acetylenes is 1. The number of halogens is 2. The van der Waals surface area contributed by atoms with Crippen LogP contribution < -0.4 is 15.5 Å². The first kappa shape index (κ1) is 21.2. The van der Waals surface area contributed by atoms with Crippen molar-refractivity contribution in [1.82, 2.24) is 9.91 Å². The van der Waals surface area contributed by atoms with Crippen molar-refractivity contribution in [1.29, 1.82) is 0 Å². The Balaban J connectivity index is 1.92. The van der Waals surface area contributed by atoms with Gasteiger partial charge in [0.25, 0.3) is 0 Å². The topological polar surface area (TPSA) is 62.0 Å². The number of benzene rings is 1. The van der Waals surface area contributed by atoms with Crippen molar-refractivity contribution < 1.29 is 9.53 Å². The van der Waals surface area contributed by atoms with Crippen LogP contribution in [-0.4, -0.2) is 55.6 Å². The van der Waals surface area contributed by atoms with Crippen LogP contribution in [0.3, 0.4) is 0 Å². The van der Waals surface area contributed by atoms with E-state index < -0.39 is 0 Å². The maximum absolute atomic E-state index is 12.5. The molecule has 8 heteroatoms. The number of hydrogen-bond acceptors (Lipinski definition) is 5. The summed E-state index contributed by atoms with van der Waals surface area (Å²) in [6.07, 6.45) is 5.54. The molecule has 1 aliphatic rings. The van der Waals surface area contributed by atoms with E-state index in [1.807, 2.05) is 18.2 Å². The van der Waals surface area contributed by atoms with Gasteiger partial charge in [-0.2, -0.15) is 0 Å². The first-order chi connectivity index (χ1) is 12.9. The molecule has 0 spiro atoms. The lowest BCUT2D eigenvalue weighted by Gasteiger charge is -2.37. The smallest absolute Gasteiger partial charge is 0.243 e. The number of ether oxygens (including phenoxy) is 1. The molecule has 1 fully saturated rings. The predicted octanol–water partition coefficient (Wildman–Crippen LogP) is 2.67. The zero-order valence-electron chi connectivity index (χ0n) is 15.5. The van der Waals surface area contributed by atoms with E-state index >= 15 is 0 Å². The molecule has 0 unspecified atom stereocenters. The monoisotopic (exact) mass is 410 g/mol. The molecule has 1 aromatic carbocycles. The lowest BCUT2D eigenvalue weighted by Crippen LogP contribution is -2.52. The fourth-order valence-corrected chi connectivity index (χ4v) is 3.18. The second-order valence-electron chi connectivity index (χ2n) is 6.19. The zero-order chi connectivity index (χ0) is 20.0. The quantitative estimate of drug-likeness (QED) is 0.443. The Morgan fingerprint density at radius 1 is 1.37 bits per heavy atom. The number of nitrogens with two attached hydrogens (primary N) is 1. The summed E-state index contributed by atoms with van der Waals surface area (Å²) in [7, 11) is 1.59. The molecule has 6 nitrogen and oxygen atoms in total. The summed E-state index contributed by atoms with van der Waals surface area (Å²) >= 11 is 12.2. The van der Waals surface area contributed by atoms with E-state index in [-0.39, 0.29) is 12.5 Å². The molecule has 1 saturated heterocycles. The molecule has 2 rings (SSSR count). The van der Waals surface area contributed by atoms with Gasteiger partial charge >= 0.3 is 0 Å². The van der Waals surface area contributed by atoms with Crippen molar-refractivity contribution in [2.24, 2.45) is 5.84 Å². The van der Waals surface area contributed by atoms with Crippen LogP contribution in [0.5, 0.6) is 5.75 Å². The largest absolute Gasteiger partial charge is 0.495 e. The highest BCUT2D eigenvalue weighted by molar-refractivity contribution is 6.32. The van der Waals surface area contributed by atoms with Gasteiger partial charge in [-0.15, -0.1) is 12.3 Å². The number of piperazine rings is 1. The van der Waals surface area contributed by atoms with E-state index in [1.165, 1.54) is 5.01 Å². The van der Waals surface area contributed by atoms with E-state index in [1.54, 1.807) is 18.9 Å². The summed E-state index contributed by atoms with van der Waals surface area (Å²) in [4.78, 5) is 16.5. The average Bonchev–Trinajstić information content (AvgIpc) is 2.68. The van der Waals surface area contributed by atoms with E-state index in [4.69, 9.17) is 40.2 Å². The highest BCUT2D eigenvalue weighted by Crippen LogP contribution is 2.29. The van der Waals surface area contributed by atoms with Gasteiger partial charge in [0, 0.05) is 50.1 Å². The highest BCUT2D eigenvalue weighted by atomic mass is 35.5. The van der Waals surface area contributed by atoms with Crippen molar-refractivity contribution in [3.05, 3.63) is 34.0 Å². The summed E-state index contributed by atoms with van der Waals surface area (Å²) in [5.41, 5.74) is 1.62. The molecule has 0 aromatic heterocycles. The minimum atomic E-state index is -0.0460. The standard InChI is InChI=1S/C19H24Cl2N4O2/c1-4-5-16(20)14(2)25(22)13-19(26)24-10-8-23(9-11-24)15-6-7-17(21)18(12-15)27-3/h1,6-7,12H,5,8-11,13,22H2,2-3H3/b16-14+. The van der Waals surface area contributed by atoms with Crippen molar-refractivity contribution in [2.75, 3.05) is 44.7 Å². The van der Waals surface area contributed by atoms with Gasteiger partial charge in [-0.3, -0.25) is 4.79 Å². The number of hydrogen-bond donors (Lipinski definition) is 1. The SMILES string of the molecule is C#CC/C(Cl)=C(/C)N(N)CC(=O)N1CCN(c2ccc(Cl)c(OC)c2)CC1. The van der Waals surface area contributed by atoms with E-state index in [0.717, 1.165) is 5.69 Å². The van der Waals surface area contributed by atoms with Crippen molar-refractivity contribution in [3.63, 3.8) is 0 Å². The second kappa shape index (κ2) is 9.75. The summed E-state index contributed by atoms with van der Waals surface area (Å²) in [5, 5.41) is 2.39. The fourth-order valence-electron chi connectivity index (χ4n) is 2.80. The molecule has 1 aromatic rings. The van der Waals surface area contributed by atoms with Gasteiger partial charge in [0.05, 0.1) is 17.2 Å². The first-order valence-corrected chi connectivity index (χ1v) is 9.30. The van der Waals surface area contributed by atoms with Crippen molar-refractivity contribution in [3.8, 4) is 18.1 Å². The number of hydrazine groups is 1. The van der Waals surface area contributed by atoms with Gasteiger partial charge in [0.2, 0.25) is 5.91 Å². The first-order valence-electron chi connectivity index (χ1n) is 8.54. The molecule has 0 bridgehead atoms. The molecule has 1 heterocycles. The molecule has 146 valence electrons. The van der Waals surface area contributed by atoms with Crippen LogP contribution in [-0.2, 0) is 4.79 Å². The van der Waals surface area contributed by atoms with Crippen LogP contribution in [0.25, 0.3) is 0 Å². The number of allylic oxidation sites excluding steroid dienone is 2. The lowest BCUT2D eigenvalue weighted by atomic mass is 10.2. The van der Waals surface area contributed by atoms with E-state index in [9.17, 15) is 4.79 Å². The Bertz CT molecular complexity index is 753. The molecule has 2 N–H and O–H groups in total. The minimum Gasteiger partial charge on any atom is -0.495 e. The average molecular weight is 411 g/mol. The summed E-state index contributed by atoms with van der Waals surface area (Å²) < 4.78 is 5.27. The Hall–Kier alpha value is -2.07. The molecule has 0 saturated carbocycles. The maximum atomic E-state index is 12.5. The van der Waals surface area contributed by atoms with Crippen molar-refractivity contribution in [2.45, 2.75) is 13.3 Å². The molecule has 0 aliphatic carbocycles. The number of nitrogens with zero attached hydrogens (tertiary/aromatic N) is 3. The third-order valence-electron chi connectivity index (χ3n) is 4.52. The van der Waals surface area contributed by atoms with E-state index in [0.29, 0.717) is 54.1 Å². The third-order valence-corrected chi connectivity index (χ3v) is 5.24. The number of rotatable bonds is 6. The van der Waals surface area contributed by atoms with Gasteiger partial charge in [-0.25, -0.2) is 5.84 Å². The lowest BCUT2D eigenvalue weighted by molar-refractivity contribution is -0.132. The summed E-state index contributed by atoms with van der Waals surface area (Å²) in [6, 6.07) is 5.67. The molecule has 0 radical (unpaired) electrons. The van der Waals surface area contributed by atoms with Gasteiger partial charge in [0.15, 0.2) is 0 Å². The number of methoxy groups -OCH3 is 1. The molecule has 1 aliphatic heterocycles. The number of anilines is 1. The van der Waals surface area contributed by atoms with Crippen LogP contribution >= 0.6 is 23.2 Å².